The Kier molecular flexibility index (Phi) is 6.20. The minimum absolute atomic E-state index is 0.363. The van der Waals surface area contributed by atoms with Crippen LogP contribution in [-0.2, 0) is 14.8 Å². The molecule has 0 radical (unpaired) electrons. The summed E-state index contributed by atoms with van der Waals surface area (Å²) in [7, 11) is -3.95. The molecule has 2 aromatic carbocycles. The molecule has 0 aliphatic heterocycles. The highest BCUT2D eigenvalue weighted by Gasteiger charge is 2.25. The van der Waals surface area contributed by atoms with Gasteiger partial charge in [-0.3, -0.25) is 9.10 Å². The maximum absolute atomic E-state index is 14.0. The molecule has 0 aliphatic carbocycles. The van der Waals surface area contributed by atoms with Crippen molar-refractivity contribution in [2.45, 2.75) is 26.8 Å². The van der Waals surface area contributed by atoms with Crippen LogP contribution in [0.5, 0.6) is 0 Å². The summed E-state index contributed by atoms with van der Waals surface area (Å²) in [6, 6.07) is 7.93. The first-order valence-corrected chi connectivity index (χ1v) is 10.1. The molecule has 1 atom stereocenters. The van der Waals surface area contributed by atoms with Gasteiger partial charge in [-0.05, 0) is 44.0 Å². The fourth-order valence-electron chi connectivity index (χ4n) is 2.87. The van der Waals surface area contributed by atoms with Gasteiger partial charge in [0.25, 0.3) is 0 Å². The lowest BCUT2D eigenvalue weighted by Crippen LogP contribution is -2.41. The Hall–Kier alpha value is -2.48. The molecule has 27 heavy (non-hydrogen) atoms. The molecular weight excluding hydrogens is 374 g/mol. The van der Waals surface area contributed by atoms with Crippen LogP contribution in [0.3, 0.4) is 0 Å². The Morgan fingerprint density at radius 3 is 2.37 bits per heavy atom. The summed E-state index contributed by atoms with van der Waals surface area (Å²) in [6.07, 6.45) is 0.858. The Morgan fingerprint density at radius 1 is 1.15 bits per heavy atom. The highest BCUT2D eigenvalue weighted by molar-refractivity contribution is 7.92. The van der Waals surface area contributed by atoms with Crippen LogP contribution in [-0.4, -0.2) is 27.1 Å². The van der Waals surface area contributed by atoms with Crippen LogP contribution in [0.1, 0.15) is 29.7 Å². The number of aryl methyl sites for hydroxylation is 2. The van der Waals surface area contributed by atoms with E-state index >= 15 is 0 Å². The van der Waals surface area contributed by atoms with Crippen LogP contribution < -0.4 is 9.62 Å². The first-order valence-electron chi connectivity index (χ1n) is 8.28. The van der Waals surface area contributed by atoms with Crippen molar-refractivity contribution in [3.8, 4) is 0 Å². The van der Waals surface area contributed by atoms with Gasteiger partial charge in [-0.1, -0.05) is 23.8 Å². The molecule has 2 aromatic rings. The van der Waals surface area contributed by atoms with Crippen molar-refractivity contribution < 1.29 is 22.0 Å². The Morgan fingerprint density at radius 2 is 1.81 bits per heavy atom. The van der Waals surface area contributed by atoms with E-state index in [1.807, 2.05) is 32.0 Å². The quantitative estimate of drug-likeness (QED) is 0.815. The molecule has 0 bridgehead atoms. The number of hydrogen-bond acceptors (Lipinski definition) is 3. The van der Waals surface area contributed by atoms with Crippen molar-refractivity contribution in [3.63, 3.8) is 0 Å². The molecule has 8 heteroatoms. The average molecular weight is 396 g/mol. The van der Waals surface area contributed by atoms with Crippen LogP contribution in [0.25, 0.3) is 0 Å². The van der Waals surface area contributed by atoms with Gasteiger partial charge < -0.3 is 5.32 Å². The molecule has 146 valence electrons. The average Bonchev–Trinajstić information content (AvgIpc) is 2.52. The summed E-state index contributed by atoms with van der Waals surface area (Å²) in [4.78, 5) is 12.4. The lowest BCUT2D eigenvalue weighted by atomic mass is 10.0. The minimum Gasteiger partial charge on any atom is -0.348 e. The van der Waals surface area contributed by atoms with Crippen molar-refractivity contribution in [2.75, 3.05) is 17.1 Å². The zero-order chi connectivity index (χ0) is 20.4. The van der Waals surface area contributed by atoms with Crippen molar-refractivity contribution >= 4 is 21.6 Å². The molecule has 0 heterocycles. The predicted molar refractivity (Wildman–Crippen MR) is 101 cm³/mol. The number of hydrogen-bond donors (Lipinski definition) is 1. The van der Waals surface area contributed by atoms with E-state index in [1.165, 1.54) is 0 Å². The number of sulfonamides is 1. The van der Waals surface area contributed by atoms with E-state index in [-0.39, 0.29) is 11.7 Å². The largest absolute Gasteiger partial charge is 0.348 e. The zero-order valence-electron chi connectivity index (χ0n) is 15.6. The van der Waals surface area contributed by atoms with Gasteiger partial charge in [-0.2, -0.15) is 0 Å². The number of nitrogens with one attached hydrogen (secondary N) is 1. The van der Waals surface area contributed by atoms with Gasteiger partial charge in [0, 0.05) is 6.07 Å². The number of carbonyl (C=O) groups excluding carboxylic acids is 1. The summed E-state index contributed by atoms with van der Waals surface area (Å²) in [6.45, 7) is 5.04. The van der Waals surface area contributed by atoms with Gasteiger partial charge in [0.15, 0.2) is 0 Å². The molecule has 0 fully saturated rings. The van der Waals surface area contributed by atoms with Gasteiger partial charge >= 0.3 is 0 Å². The standard InChI is InChI=1S/C19H22F2N2O3S/c1-12-5-7-16(13(2)9-12)14(3)22-19(24)11-23(27(4,25)26)18-8-6-15(20)10-17(18)21/h5-10,14H,11H2,1-4H3,(H,22,24)/t14-/m0/s1. The number of halogens is 2. The SMILES string of the molecule is Cc1ccc([C@H](C)NC(=O)CN(c2ccc(F)cc2F)S(C)(=O)=O)c(C)c1. The second-order valence-corrected chi connectivity index (χ2v) is 8.42. The Bertz CT molecular complexity index is 961. The molecule has 0 spiro atoms. The maximum atomic E-state index is 14.0. The number of benzene rings is 2. The lowest BCUT2D eigenvalue weighted by Gasteiger charge is -2.24. The van der Waals surface area contributed by atoms with Gasteiger partial charge in [-0.15, -0.1) is 0 Å². The van der Waals surface area contributed by atoms with Crippen LogP contribution in [0.2, 0.25) is 0 Å². The highest BCUT2D eigenvalue weighted by Crippen LogP contribution is 2.23. The fourth-order valence-corrected chi connectivity index (χ4v) is 3.73. The third kappa shape index (κ3) is 5.26. The number of anilines is 1. The van der Waals surface area contributed by atoms with Crippen LogP contribution in [0.15, 0.2) is 36.4 Å². The number of rotatable bonds is 6. The molecule has 0 saturated carbocycles. The van der Waals surface area contributed by atoms with E-state index in [2.05, 4.69) is 5.32 Å². The van der Waals surface area contributed by atoms with Crippen molar-refractivity contribution in [1.82, 2.24) is 5.32 Å². The third-order valence-corrected chi connectivity index (χ3v) is 5.26. The lowest BCUT2D eigenvalue weighted by molar-refractivity contribution is -0.120. The second-order valence-electron chi connectivity index (χ2n) is 6.51. The molecule has 2 rings (SSSR count). The summed E-state index contributed by atoms with van der Waals surface area (Å²) >= 11 is 0. The molecule has 0 saturated heterocycles. The van der Waals surface area contributed by atoms with Crippen molar-refractivity contribution in [3.05, 3.63) is 64.7 Å². The summed E-state index contributed by atoms with van der Waals surface area (Å²) in [5.41, 5.74) is 2.60. The van der Waals surface area contributed by atoms with Crippen LogP contribution in [0.4, 0.5) is 14.5 Å². The van der Waals surface area contributed by atoms with Crippen LogP contribution >= 0.6 is 0 Å². The van der Waals surface area contributed by atoms with E-state index in [4.69, 9.17) is 0 Å². The smallest absolute Gasteiger partial charge is 0.241 e. The normalized spacial score (nSPS) is 12.5. The van der Waals surface area contributed by atoms with E-state index < -0.39 is 34.1 Å². The van der Waals surface area contributed by atoms with E-state index in [0.717, 1.165) is 35.1 Å². The third-order valence-electron chi connectivity index (χ3n) is 4.14. The highest BCUT2D eigenvalue weighted by atomic mass is 32.2. The van der Waals surface area contributed by atoms with Gasteiger partial charge in [0.05, 0.1) is 18.0 Å². The first kappa shape index (κ1) is 20.8. The maximum Gasteiger partial charge on any atom is 0.241 e. The fraction of sp³-hybridized carbons (Fsp3) is 0.316. The van der Waals surface area contributed by atoms with E-state index in [1.54, 1.807) is 6.92 Å². The zero-order valence-corrected chi connectivity index (χ0v) is 16.4. The topological polar surface area (TPSA) is 66.5 Å². The molecule has 1 amide bonds. The molecule has 5 nitrogen and oxygen atoms in total. The molecule has 0 unspecified atom stereocenters. The van der Waals surface area contributed by atoms with Gasteiger partial charge in [0.1, 0.15) is 18.2 Å². The Balaban J connectivity index is 2.21. The minimum atomic E-state index is -3.95. The number of nitrogens with zero attached hydrogens (tertiary/aromatic N) is 1. The first-order chi connectivity index (χ1) is 12.5. The second kappa shape index (κ2) is 8.04. The molecule has 1 N–H and O–H groups in total. The van der Waals surface area contributed by atoms with Crippen molar-refractivity contribution in [1.29, 1.82) is 0 Å². The molecular formula is C19H22F2N2O3S. The number of amides is 1. The number of carbonyl (C=O) groups is 1. The molecule has 0 aliphatic rings. The summed E-state index contributed by atoms with van der Waals surface area (Å²) < 4.78 is 51.8. The predicted octanol–water partition coefficient (Wildman–Crippen LogP) is 3.23. The summed E-state index contributed by atoms with van der Waals surface area (Å²) in [5, 5.41) is 2.72. The van der Waals surface area contributed by atoms with E-state index in [9.17, 15) is 22.0 Å². The van der Waals surface area contributed by atoms with Crippen LogP contribution in [0, 0.1) is 25.5 Å². The van der Waals surface area contributed by atoms with Gasteiger partial charge in [-0.25, -0.2) is 17.2 Å². The van der Waals surface area contributed by atoms with Gasteiger partial charge in [0.2, 0.25) is 15.9 Å². The van der Waals surface area contributed by atoms with Crippen molar-refractivity contribution in [2.24, 2.45) is 0 Å². The summed E-state index contributed by atoms with van der Waals surface area (Å²) in [5.74, 6) is -2.50. The molecule has 0 aromatic heterocycles. The Labute approximate surface area is 158 Å². The monoisotopic (exact) mass is 396 g/mol. The van der Waals surface area contributed by atoms with E-state index in [0.29, 0.717) is 10.4 Å².